The molecule has 0 aromatic rings. The van der Waals surface area contributed by atoms with Crippen molar-refractivity contribution in [1.29, 1.82) is 0 Å². The van der Waals surface area contributed by atoms with Gasteiger partial charge >= 0.3 is 0 Å². The van der Waals surface area contributed by atoms with Crippen molar-refractivity contribution in [3.05, 3.63) is 0 Å². The molecule has 0 saturated heterocycles. The molecular weight excluding hydrogens is 133 g/mol. The zero-order valence-corrected chi connectivity index (χ0v) is 6.68. The predicted octanol–water partition coefficient (Wildman–Crippen LogP) is 0.659. The van der Waals surface area contributed by atoms with Crippen molar-refractivity contribution in [3.63, 3.8) is 0 Å². The summed E-state index contributed by atoms with van der Waals surface area (Å²) in [7, 11) is 0. The van der Waals surface area contributed by atoms with E-state index in [1.165, 1.54) is 6.92 Å². The highest BCUT2D eigenvalue weighted by molar-refractivity contribution is 4.58. The fourth-order valence-corrected chi connectivity index (χ4v) is 0.876. The van der Waals surface area contributed by atoms with Crippen LogP contribution in [0.15, 0.2) is 0 Å². The molecule has 62 valence electrons. The molecule has 0 aromatic heterocycles. The molecule has 3 heteroatoms. The summed E-state index contributed by atoms with van der Waals surface area (Å²) in [6, 6.07) is 0. The van der Waals surface area contributed by atoms with E-state index >= 15 is 0 Å². The molecule has 1 atom stereocenters. The van der Waals surface area contributed by atoms with Crippen molar-refractivity contribution in [2.45, 2.75) is 20.0 Å². The normalized spacial score (nSPS) is 14.1. The molecule has 0 saturated carbocycles. The summed E-state index contributed by atoms with van der Waals surface area (Å²) in [4.78, 5) is 1.88. The third-order valence-electron chi connectivity index (χ3n) is 1.37. The molecule has 0 aromatic carbocycles. The minimum Gasteiger partial charge on any atom is -0.395 e. The topological polar surface area (TPSA) is 23.5 Å². The van der Waals surface area contributed by atoms with E-state index in [-0.39, 0.29) is 6.61 Å². The van der Waals surface area contributed by atoms with E-state index in [4.69, 9.17) is 5.11 Å². The van der Waals surface area contributed by atoms with E-state index in [1.54, 1.807) is 0 Å². The molecule has 0 aliphatic carbocycles. The molecule has 0 aliphatic rings. The molecule has 0 amide bonds. The highest BCUT2D eigenvalue weighted by atomic mass is 19.1. The van der Waals surface area contributed by atoms with Crippen molar-refractivity contribution in [2.24, 2.45) is 0 Å². The Morgan fingerprint density at radius 3 is 2.50 bits per heavy atom. The Kier molecular flexibility index (Phi) is 5.54. The molecule has 0 heterocycles. The standard InChI is InChI=1S/C7H16FNO/c1-3-9(4-5-10)6-7(2)8/h7,10H,3-6H2,1-2H3. The van der Waals surface area contributed by atoms with Crippen molar-refractivity contribution < 1.29 is 9.50 Å². The van der Waals surface area contributed by atoms with E-state index in [0.717, 1.165) is 6.54 Å². The molecule has 2 nitrogen and oxygen atoms in total. The van der Waals surface area contributed by atoms with Gasteiger partial charge in [-0.2, -0.15) is 0 Å². The first-order valence-electron chi connectivity index (χ1n) is 3.68. The van der Waals surface area contributed by atoms with Gasteiger partial charge in [-0.3, -0.25) is 4.90 Å². The summed E-state index contributed by atoms with van der Waals surface area (Å²) < 4.78 is 12.3. The summed E-state index contributed by atoms with van der Waals surface area (Å²) in [5, 5.41) is 8.52. The molecular formula is C7H16FNO. The molecule has 0 radical (unpaired) electrons. The van der Waals surface area contributed by atoms with Gasteiger partial charge in [0.05, 0.1) is 6.61 Å². The lowest BCUT2D eigenvalue weighted by molar-refractivity contribution is 0.167. The number of nitrogens with zero attached hydrogens (tertiary/aromatic N) is 1. The van der Waals surface area contributed by atoms with Crippen LogP contribution in [0.25, 0.3) is 0 Å². The number of hydrogen-bond donors (Lipinski definition) is 1. The zero-order chi connectivity index (χ0) is 7.98. The number of alkyl halides is 1. The van der Waals surface area contributed by atoms with Crippen molar-refractivity contribution in [3.8, 4) is 0 Å². The van der Waals surface area contributed by atoms with E-state index in [0.29, 0.717) is 13.1 Å². The Labute approximate surface area is 61.6 Å². The van der Waals surface area contributed by atoms with Gasteiger partial charge in [-0.25, -0.2) is 4.39 Å². The van der Waals surface area contributed by atoms with E-state index in [9.17, 15) is 4.39 Å². The Morgan fingerprint density at radius 1 is 1.60 bits per heavy atom. The zero-order valence-electron chi connectivity index (χ0n) is 6.68. The van der Waals surface area contributed by atoms with Crippen LogP contribution in [0.2, 0.25) is 0 Å². The fraction of sp³-hybridized carbons (Fsp3) is 1.00. The van der Waals surface area contributed by atoms with Gasteiger partial charge in [0.2, 0.25) is 0 Å². The van der Waals surface area contributed by atoms with Gasteiger partial charge in [-0.15, -0.1) is 0 Å². The van der Waals surface area contributed by atoms with Gasteiger partial charge in [-0.05, 0) is 13.5 Å². The number of halogens is 1. The minimum atomic E-state index is -0.800. The summed E-state index contributed by atoms with van der Waals surface area (Å²) in [5.41, 5.74) is 0. The maximum Gasteiger partial charge on any atom is 0.110 e. The molecule has 10 heavy (non-hydrogen) atoms. The Hall–Kier alpha value is -0.150. The van der Waals surface area contributed by atoms with Crippen LogP contribution in [0.1, 0.15) is 13.8 Å². The number of likely N-dealkylation sites (N-methyl/N-ethyl adjacent to an activating group) is 1. The van der Waals surface area contributed by atoms with E-state index in [1.807, 2.05) is 11.8 Å². The third kappa shape index (κ3) is 4.70. The van der Waals surface area contributed by atoms with Crippen LogP contribution in [-0.2, 0) is 0 Å². The second-order valence-electron chi connectivity index (χ2n) is 2.40. The van der Waals surface area contributed by atoms with Gasteiger partial charge in [0.1, 0.15) is 6.17 Å². The highest BCUT2D eigenvalue weighted by Crippen LogP contribution is 1.94. The average molecular weight is 149 g/mol. The van der Waals surface area contributed by atoms with Crippen LogP contribution < -0.4 is 0 Å². The second-order valence-corrected chi connectivity index (χ2v) is 2.40. The van der Waals surface area contributed by atoms with Crippen LogP contribution >= 0.6 is 0 Å². The van der Waals surface area contributed by atoms with Gasteiger partial charge in [-0.1, -0.05) is 6.92 Å². The lowest BCUT2D eigenvalue weighted by Gasteiger charge is -2.19. The van der Waals surface area contributed by atoms with Gasteiger partial charge in [0.25, 0.3) is 0 Å². The first kappa shape index (κ1) is 9.85. The lowest BCUT2D eigenvalue weighted by Crippen LogP contribution is -2.31. The molecule has 0 rings (SSSR count). The average Bonchev–Trinajstić information content (AvgIpc) is 1.86. The van der Waals surface area contributed by atoms with E-state index < -0.39 is 6.17 Å². The Morgan fingerprint density at radius 2 is 2.20 bits per heavy atom. The first-order valence-corrected chi connectivity index (χ1v) is 3.68. The Balaban J connectivity index is 3.39. The van der Waals surface area contributed by atoms with Crippen molar-refractivity contribution >= 4 is 0 Å². The van der Waals surface area contributed by atoms with Gasteiger partial charge in [0.15, 0.2) is 0 Å². The van der Waals surface area contributed by atoms with Crippen LogP contribution in [-0.4, -0.2) is 42.4 Å². The molecule has 1 N–H and O–H groups in total. The van der Waals surface area contributed by atoms with Crippen LogP contribution in [0.5, 0.6) is 0 Å². The lowest BCUT2D eigenvalue weighted by atomic mass is 10.4. The van der Waals surface area contributed by atoms with E-state index in [2.05, 4.69) is 0 Å². The predicted molar refractivity (Wildman–Crippen MR) is 39.8 cm³/mol. The fourth-order valence-electron chi connectivity index (χ4n) is 0.876. The molecule has 0 spiro atoms. The Bertz CT molecular complexity index is 78.0. The molecule has 0 aliphatic heterocycles. The molecule has 0 bridgehead atoms. The third-order valence-corrected chi connectivity index (χ3v) is 1.37. The highest BCUT2D eigenvalue weighted by Gasteiger charge is 2.05. The summed E-state index contributed by atoms with van der Waals surface area (Å²) >= 11 is 0. The van der Waals surface area contributed by atoms with Gasteiger partial charge in [0, 0.05) is 13.1 Å². The second kappa shape index (κ2) is 5.62. The maximum atomic E-state index is 12.3. The van der Waals surface area contributed by atoms with Crippen molar-refractivity contribution in [2.75, 3.05) is 26.2 Å². The summed E-state index contributed by atoms with van der Waals surface area (Å²) in [5.74, 6) is 0. The maximum absolute atomic E-state index is 12.3. The molecule has 1 unspecified atom stereocenters. The van der Waals surface area contributed by atoms with Crippen LogP contribution in [0.4, 0.5) is 4.39 Å². The summed E-state index contributed by atoms with van der Waals surface area (Å²) in [6.07, 6.45) is -0.800. The largest absolute Gasteiger partial charge is 0.395 e. The quantitative estimate of drug-likeness (QED) is 0.620. The first-order chi connectivity index (χ1) is 4.70. The van der Waals surface area contributed by atoms with Crippen LogP contribution in [0.3, 0.4) is 0 Å². The van der Waals surface area contributed by atoms with Gasteiger partial charge < -0.3 is 5.11 Å². The van der Waals surface area contributed by atoms with Crippen LogP contribution in [0, 0.1) is 0 Å². The minimum absolute atomic E-state index is 0.112. The number of aliphatic hydroxyl groups is 1. The van der Waals surface area contributed by atoms with Crippen molar-refractivity contribution in [1.82, 2.24) is 4.90 Å². The number of aliphatic hydroxyl groups excluding tert-OH is 1. The molecule has 0 fully saturated rings. The SMILES string of the molecule is CCN(CCO)CC(C)F. The monoisotopic (exact) mass is 149 g/mol. The smallest absolute Gasteiger partial charge is 0.110 e. The number of hydrogen-bond acceptors (Lipinski definition) is 2. The summed E-state index contributed by atoms with van der Waals surface area (Å²) in [6.45, 7) is 5.40. The number of rotatable bonds is 5.